The zero-order valence-corrected chi connectivity index (χ0v) is 17.1. The van der Waals surface area contributed by atoms with E-state index in [1.54, 1.807) is 10.8 Å². The van der Waals surface area contributed by atoms with Crippen molar-refractivity contribution in [3.05, 3.63) is 83.4 Å². The second-order valence-electron chi connectivity index (χ2n) is 8.44. The molecule has 6 heteroatoms. The first-order valence-corrected chi connectivity index (χ1v) is 9.90. The third-order valence-electron chi connectivity index (χ3n) is 5.21. The van der Waals surface area contributed by atoms with E-state index in [9.17, 15) is 4.79 Å². The van der Waals surface area contributed by atoms with Crippen molar-refractivity contribution in [3.63, 3.8) is 0 Å². The second kappa shape index (κ2) is 6.76. The van der Waals surface area contributed by atoms with Crippen LogP contribution in [-0.2, 0) is 11.3 Å². The summed E-state index contributed by atoms with van der Waals surface area (Å²) in [5.74, 6) is 0.570. The number of benzene rings is 2. The molecule has 2 aromatic carbocycles. The van der Waals surface area contributed by atoms with Crippen molar-refractivity contribution < 1.29 is 18.8 Å². The van der Waals surface area contributed by atoms with E-state index in [0.717, 1.165) is 39.0 Å². The molecule has 1 aliphatic heterocycles. The highest BCUT2D eigenvalue weighted by molar-refractivity contribution is 5.93. The molecular weight excluding hydrogens is 380 g/mol. The van der Waals surface area contributed by atoms with Gasteiger partial charge in [-0.05, 0) is 38.5 Å². The molecule has 0 radical (unpaired) electrons. The van der Waals surface area contributed by atoms with Crippen LogP contribution in [0.4, 0.5) is 4.79 Å². The van der Waals surface area contributed by atoms with Crippen LogP contribution in [0.5, 0.6) is 5.75 Å². The molecule has 0 bridgehead atoms. The molecule has 0 spiro atoms. The van der Waals surface area contributed by atoms with Crippen LogP contribution in [0.1, 0.15) is 49.1 Å². The van der Waals surface area contributed by atoms with Gasteiger partial charge in [-0.15, -0.1) is 0 Å². The number of carbonyl (C=O) groups is 1. The highest BCUT2D eigenvalue weighted by Crippen LogP contribution is 2.43. The first-order valence-electron chi connectivity index (χ1n) is 9.90. The molecule has 0 unspecified atom stereocenters. The highest BCUT2D eigenvalue weighted by atomic mass is 16.6. The van der Waals surface area contributed by atoms with Crippen LogP contribution >= 0.6 is 0 Å². The SMILES string of the molecule is CC(C)(C)OC(=O)n1cc([C@H]2c3ccccc3OCc3conc32)c2ccccc21. The number of nitrogens with zero attached hydrogens (tertiary/aromatic N) is 2. The number of aromatic nitrogens is 2. The van der Waals surface area contributed by atoms with Crippen LogP contribution in [0.2, 0.25) is 0 Å². The number of ether oxygens (including phenoxy) is 2. The monoisotopic (exact) mass is 402 g/mol. The smallest absolute Gasteiger partial charge is 0.419 e. The molecule has 2 aromatic heterocycles. The lowest BCUT2D eigenvalue weighted by atomic mass is 9.87. The molecule has 0 amide bonds. The molecule has 5 rings (SSSR count). The summed E-state index contributed by atoms with van der Waals surface area (Å²) in [6.07, 6.45) is 3.06. The lowest BCUT2D eigenvalue weighted by molar-refractivity contribution is 0.0544. The van der Waals surface area contributed by atoms with Gasteiger partial charge in [0.05, 0.1) is 17.0 Å². The van der Waals surface area contributed by atoms with Crippen molar-refractivity contribution in [1.82, 2.24) is 9.72 Å². The Kier molecular flexibility index (Phi) is 4.17. The van der Waals surface area contributed by atoms with Crippen molar-refractivity contribution in [1.29, 1.82) is 0 Å². The Morgan fingerprint density at radius 3 is 2.70 bits per heavy atom. The maximum absolute atomic E-state index is 13.0. The third-order valence-corrected chi connectivity index (χ3v) is 5.21. The molecule has 0 N–H and O–H groups in total. The van der Waals surface area contributed by atoms with Crippen molar-refractivity contribution in [2.24, 2.45) is 0 Å². The van der Waals surface area contributed by atoms with Gasteiger partial charge >= 0.3 is 6.09 Å². The average Bonchev–Trinajstić information content (AvgIpc) is 3.29. The van der Waals surface area contributed by atoms with Gasteiger partial charge in [0.25, 0.3) is 0 Å². The van der Waals surface area contributed by atoms with E-state index in [2.05, 4.69) is 5.16 Å². The van der Waals surface area contributed by atoms with Crippen LogP contribution < -0.4 is 4.74 Å². The summed E-state index contributed by atoms with van der Waals surface area (Å²) in [7, 11) is 0. The van der Waals surface area contributed by atoms with Gasteiger partial charge in [0.2, 0.25) is 0 Å². The van der Waals surface area contributed by atoms with Gasteiger partial charge in [0, 0.05) is 17.1 Å². The number of para-hydroxylation sites is 2. The van der Waals surface area contributed by atoms with E-state index in [4.69, 9.17) is 14.0 Å². The second-order valence-corrected chi connectivity index (χ2v) is 8.44. The predicted octanol–water partition coefficient (Wildman–Crippen LogP) is 5.49. The Morgan fingerprint density at radius 2 is 1.87 bits per heavy atom. The summed E-state index contributed by atoms with van der Waals surface area (Å²) >= 11 is 0. The quantitative estimate of drug-likeness (QED) is 0.421. The number of carbonyl (C=O) groups excluding carboxylic acids is 1. The fraction of sp³-hybridized carbons (Fsp3) is 0.250. The number of hydrogen-bond donors (Lipinski definition) is 0. The Morgan fingerprint density at radius 1 is 1.10 bits per heavy atom. The van der Waals surface area contributed by atoms with Crippen molar-refractivity contribution in [2.45, 2.75) is 38.9 Å². The molecule has 0 aliphatic carbocycles. The Labute approximate surface area is 174 Å². The van der Waals surface area contributed by atoms with E-state index in [-0.39, 0.29) is 5.92 Å². The molecule has 0 saturated carbocycles. The average molecular weight is 402 g/mol. The molecule has 1 atom stereocenters. The lowest BCUT2D eigenvalue weighted by Crippen LogP contribution is -2.26. The fourth-order valence-electron chi connectivity index (χ4n) is 3.98. The fourth-order valence-corrected chi connectivity index (χ4v) is 3.98. The Bertz CT molecular complexity index is 1250. The summed E-state index contributed by atoms with van der Waals surface area (Å²) in [6.45, 7) is 5.96. The molecule has 30 heavy (non-hydrogen) atoms. The van der Waals surface area contributed by atoms with E-state index < -0.39 is 11.7 Å². The summed E-state index contributed by atoms with van der Waals surface area (Å²) in [5.41, 5.74) is 3.82. The first-order chi connectivity index (χ1) is 14.4. The standard InChI is InChI=1S/C24H22N2O4/c1-24(2,3)30-23(27)26-12-18(16-8-4-6-10-19(16)26)21-17-9-5-7-11-20(17)28-13-15-14-29-25-22(15)21/h4-12,14,21H,13H2,1-3H3/t21-/m1/s1. The molecule has 0 fully saturated rings. The van der Waals surface area contributed by atoms with Crippen LogP contribution in [-0.4, -0.2) is 21.4 Å². The Hall–Kier alpha value is -3.54. The number of rotatable bonds is 1. The van der Waals surface area contributed by atoms with E-state index in [1.165, 1.54) is 0 Å². The number of fused-ring (bicyclic) bond motifs is 3. The molecule has 4 aromatic rings. The van der Waals surface area contributed by atoms with Crippen LogP contribution in [0.3, 0.4) is 0 Å². The normalized spacial score (nSPS) is 15.8. The van der Waals surface area contributed by atoms with E-state index in [0.29, 0.717) is 6.61 Å². The molecule has 6 nitrogen and oxygen atoms in total. The van der Waals surface area contributed by atoms with Crippen LogP contribution in [0.15, 0.2) is 65.5 Å². The maximum atomic E-state index is 13.0. The number of hydrogen-bond acceptors (Lipinski definition) is 5. The van der Waals surface area contributed by atoms with Gasteiger partial charge in [0.15, 0.2) is 0 Å². The minimum Gasteiger partial charge on any atom is -0.488 e. The van der Waals surface area contributed by atoms with Gasteiger partial charge in [-0.25, -0.2) is 4.79 Å². The van der Waals surface area contributed by atoms with E-state index >= 15 is 0 Å². The van der Waals surface area contributed by atoms with Gasteiger partial charge < -0.3 is 14.0 Å². The topological polar surface area (TPSA) is 66.5 Å². The molecule has 0 saturated heterocycles. The van der Waals surface area contributed by atoms with E-state index in [1.807, 2.05) is 75.5 Å². The summed E-state index contributed by atoms with van der Waals surface area (Å²) in [6, 6.07) is 15.7. The van der Waals surface area contributed by atoms with Gasteiger partial charge in [-0.1, -0.05) is 41.6 Å². The molecule has 3 heterocycles. The molecular formula is C24H22N2O4. The zero-order chi connectivity index (χ0) is 20.9. The molecule has 1 aliphatic rings. The van der Waals surface area contributed by atoms with Crippen molar-refractivity contribution in [2.75, 3.05) is 0 Å². The van der Waals surface area contributed by atoms with Crippen LogP contribution in [0, 0.1) is 0 Å². The lowest BCUT2D eigenvalue weighted by Gasteiger charge is -2.19. The Balaban J connectivity index is 1.75. The van der Waals surface area contributed by atoms with Gasteiger partial charge in [-0.3, -0.25) is 4.57 Å². The third kappa shape index (κ3) is 3.05. The summed E-state index contributed by atoms with van der Waals surface area (Å²) < 4.78 is 18.5. The van der Waals surface area contributed by atoms with Gasteiger partial charge in [-0.2, -0.15) is 0 Å². The highest BCUT2D eigenvalue weighted by Gasteiger charge is 2.32. The predicted molar refractivity (Wildman–Crippen MR) is 112 cm³/mol. The van der Waals surface area contributed by atoms with Crippen molar-refractivity contribution in [3.8, 4) is 5.75 Å². The zero-order valence-electron chi connectivity index (χ0n) is 17.1. The van der Waals surface area contributed by atoms with Crippen LogP contribution in [0.25, 0.3) is 10.9 Å². The maximum Gasteiger partial charge on any atom is 0.419 e. The molecule has 152 valence electrons. The van der Waals surface area contributed by atoms with Gasteiger partial charge in [0.1, 0.15) is 29.9 Å². The summed E-state index contributed by atoms with van der Waals surface area (Å²) in [4.78, 5) is 13.0. The largest absolute Gasteiger partial charge is 0.488 e. The summed E-state index contributed by atoms with van der Waals surface area (Å²) in [5, 5.41) is 5.27. The van der Waals surface area contributed by atoms with Crippen molar-refractivity contribution >= 4 is 17.0 Å². The minimum atomic E-state index is -0.593. The first kappa shape index (κ1) is 18.5. The minimum absolute atomic E-state index is 0.231.